The maximum atomic E-state index is 11.2. The Kier molecular flexibility index (Phi) is 5.09. The summed E-state index contributed by atoms with van der Waals surface area (Å²) in [5.74, 6) is -0.672. The van der Waals surface area contributed by atoms with E-state index in [1.165, 1.54) is 20.4 Å². The van der Waals surface area contributed by atoms with E-state index in [2.05, 4.69) is 19.8 Å². The number of pyridine rings is 1. The van der Waals surface area contributed by atoms with E-state index in [0.717, 1.165) is 0 Å². The Balaban J connectivity index is 2.60. The molecule has 0 saturated heterocycles. The smallest absolute Gasteiger partial charge is 0.337 e. The average molecular weight is 238 g/mol. The highest BCUT2D eigenvalue weighted by Gasteiger charge is 2.07. The Morgan fingerprint density at radius 3 is 2.82 bits per heavy atom. The number of carbonyl (C=O) groups is 2. The van der Waals surface area contributed by atoms with Crippen LogP contribution in [0.5, 0.6) is 0 Å². The summed E-state index contributed by atoms with van der Waals surface area (Å²) in [6.45, 7) is 0.240. The molecule has 0 bridgehead atoms. The Bertz CT molecular complexity index is 406. The highest BCUT2D eigenvalue weighted by Crippen LogP contribution is 2.03. The molecule has 0 radical (unpaired) electrons. The number of carbonyl (C=O) groups excluding carboxylic acids is 2. The van der Waals surface area contributed by atoms with E-state index >= 15 is 0 Å². The number of nitrogens with zero attached hydrogens (tertiary/aromatic N) is 1. The average Bonchev–Trinajstić information content (AvgIpc) is 2.36. The molecule has 1 amide bonds. The maximum absolute atomic E-state index is 11.2. The van der Waals surface area contributed by atoms with Crippen molar-refractivity contribution in [2.24, 2.45) is 0 Å². The molecule has 0 atom stereocenters. The van der Waals surface area contributed by atoms with Gasteiger partial charge < -0.3 is 14.8 Å². The number of aromatic nitrogens is 1. The zero-order valence-electron chi connectivity index (χ0n) is 9.73. The van der Waals surface area contributed by atoms with E-state index in [4.69, 9.17) is 0 Å². The fourth-order valence-electron chi connectivity index (χ4n) is 1.19. The molecule has 0 aliphatic rings. The second kappa shape index (κ2) is 6.59. The maximum Gasteiger partial charge on any atom is 0.337 e. The van der Waals surface area contributed by atoms with Gasteiger partial charge in [-0.15, -0.1) is 0 Å². The first-order valence-electron chi connectivity index (χ1n) is 4.96. The van der Waals surface area contributed by atoms with Crippen LogP contribution in [0.15, 0.2) is 18.3 Å². The Hall–Kier alpha value is -1.95. The normalized spacial score (nSPS) is 9.76. The van der Waals surface area contributed by atoms with Gasteiger partial charge in [0.15, 0.2) is 0 Å². The zero-order valence-corrected chi connectivity index (χ0v) is 9.73. The molecule has 0 saturated carbocycles. The van der Waals surface area contributed by atoms with Crippen LogP contribution >= 0.6 is 0 Å². The predicted octanol–water partition coefficient (Wildman–Crippen LogP) is 0.131. The summed E-state index contributed by atoms with van der Waals surface area (Å²) >= 11 is 0. The molecule has 1 rings (SSSR count). The fraction of sp³-hybridized carbons (Fsp3) is 0.364. The van der Waals surface area contributed by atoms with Gasteiger partial charge in [-0.2, -0.15) is 0 Å². The van der Waals surface area contributed by atoms with E-state index in [0.29, 0.717) is 11.3 Å². The molecule has 0 aliphatic carbocycles. The first-order valence-corrected chi connectivity index (χ1v) is 4.96. The number of amides is 1. The number of hydrogen-bond donors (Lipinski definition) is 1. The van der Waals surface area contributed by atoms with E-state index < -0.39 is 5.97 Å². The van der Waals surface area contributed by atoms with Crippen LogP contribution < -0.4 is 5.32 Å². The Morgan fingerprint density at radius 1 is 1.41 bits per heavy atom. The van der Waals surface area contributed by atoms with Gasteiger partial charge in [0.2, 0.25) is 5.91 Å². The molecule has 17 heavy (non-hydrogen) atoms. The van der Waals surface area contributed by atoms with Gasteiger partial charge in [-0.25, -0.2) is 4.79 Å². The highest BCUT2D eigenvalue weighted by molar-refractivity contribution is 5.89. The molecule has 6 nitrogen and oxygen atoms in total. The number of esters is 1. The molecule has 1 heterocycles. The summed E-state index contributed by atoms with van der Waals surface area (Å²) < 4.78 is 9.25. The summed E-state index contributed by atoms with van der Waals surface area (Å²) in [6, 6.07) is 3.12. The third-order valence-corrected chi connectivity index (χ3v) is 1.98. The second-order valence-electron chi connectivity index (χ2n) is 3.24. The molecule has 1 aromatic rings. The van der Waals surface area contributed by atoms with Gasteiger partial charge in [-0.05, 0) is 12.1 Å². The Morgan fingerprint density at radius 2 is 2.18 bits per heavy atom. The van der Waals surface area contributed by atoms with E-state index in [9.17, 15) is 9.59 Å². The summed E-state index contributed by atoms with van der Waals surface area (Å²) in [5, 5.41) is 2.61. The summed E-state index contributed by atoms with van der Waals surface area (Å²) in [5.41, 5.74) is 0.982. The van der Waals surface area contributed by atoms with Gasteiger partial charge in [0.25, 0.3) is 0 Å². The van der Waals surface area contributed by atoms with Crippen LogP contribution in [-0.4, -0.2) is 37.7 Å². The van der Waals surface area contributed by atoms with Gasteiger partial charge >= 0.3 is 5.97 Å². The van der Waals surface area contributed by atoms with Gasteiger partial charge in [0.1, 0.15) is 6.61 Å². The summed E-state index contributed by atoms with van der Waals surface area (Å²) in [7, 11) is 2.75. The second-order valence-corrected chi connectivity index (χ2v) is 3.24. The molecule has 0 spiro atoms. The van der Waals surface area contributed by atoms with Crippen LogP contribution in [0, 0.1) is 0 Å². The standard InChI is InChI=1S/C11H14N2O4/c1-16-7-10(14)13-6-9-5-8(3-4-12-9)11(15)17-2/h3-5H,6-7H2,1-2H3,(H,13,14). The van der Waals surface area contributed by atoms with Crippen molar-refractivity contribution in [1.29, 1.82) is 0 Å². The quantitative estimate of drug-likeness (QED) is 0.738. The van der Waals surface area contributed by atoms with Crippen LogP contribution in [0.4, 0.5) is 0 Å². The summed E-state index contributed by atoms with van der Waals surface area (Å²) in [6.07, 6.45) is 1.49. The monoisotopic (exact) mass is 238 g/mol. The van der Waals surface area contributed by atoms with Crippen LogP contribution in [0.1, 0.15) is 16.1 Å². The predicted molar refractivity (Wildman–Crippen MR) is 59.3 cm³/mol. The van der Waals surface area contributed by atoms with E-state index in [-0.39, 0.29) is 19.1 Å². The van der Waals surface area contributed by atoms with Crippen molar-refractivity contribution in [3.05, 3.63) is 29.6 Å². The van der Waals surface area contributed by atoms with E-state index in [1.807, 2.05) is 0 Å². The van der Waals surface area contributed by atoms with E-state index in [1.54, 1.807) is 12.1 Å². The van der Waals surface area contributed by atoms with Crippen molar-refractivity contribution in [2.45, 2.75) is 6.54 Å². The lowest BCUT2D eigenvalue weighted by Gasteiger charge is -2.05. The van der Waals surface area contributed by atoms with Crippen molar-refractivity contribution < 1.29 is 19.1 Å². The minimum Gasteiger partial charge on any atom is -0.465 e. The molecule has 1 aromatic heterocycles. The lowest BCUT2D eigenvalue weighted by Crippen LogP contribution is -2.27. The first-order chi connectivity index (χ1) is 8.17. The zero-order chi connectivity index (χ0) is 12.7. The van der Waals surface area contributed by atoms with Crippen molar-refractivity contribution in [2.75, 3.05) is 20.8 Å². The molecular weight excluding hydrogens is 224 g/mol. The van der Waals surface area contributed by atoms with Crippen LogP contribution in [-0.2, 0) is 20.8 Å². The topological polar surface area (TPSA) is 77.5 Å². The third kappa shape index (κ3) is 4.20. The number of nitrogens with one attached hydrogen (secondary N) is 1. The fourth-order valence-corrected chi connectivity index (χ4v) is 1.19. The molecule has 6 heteroatoms. The van der Waals surface area contributed by atoms with Crippen LogP contribution in [0.3, 0.4) is 0 Å². The number of hydrogen-bond acceptors (Lipinski definition) is 5. The van der Waals surface area contributed by atoms with Gasteiger partial charge in [0, 0.05) is 13.3 Å². The van der Waals surface area contributed by atoms with Crippen molar-refractivity contribution in [3.8, 4) is 0 Å². The minimum atomic E-state index is -0.433. The van der Waals surface area contributed by atoms with Crippen molar-refractivity contribution in [1.82, 2.24) is 10.3 Å². The molecule has 0 fully saturated rings. The van der Waals surface area contributed by atoms with Crippen LogP contribution in [0.2, 0.25) is 0 Å². The van der Waals surface area contributed by atoms with Gasteiger partial charge in [-0.3, -0.25) is 9.78 Å². The first kappa shape index (κ1) is 13.1. The third-order valence-electron chi connectivity index (χ3n) is 1.98. The SMILES string of the molecule is COCC(=O)NCc1cc(C(=O)OC)ccn1. The molecular formula is C11H14N2O4. The number of ether oxygens (including phenoxy) is 2. The minimum absolute atomic E-state index is 0.00328. The van der Waals surface area contributed by atoms with Crippen LogP contribution in [0.25, 0.3) is 0 Å². The highest BCUT2D eigenvalue weighted by atomic mass is 16.5. The number of rotatable bonds is 5. The van der Waals surface area contributed by atoms with Crippen molar-refractivity contribution in [3.63, 3.8) is 0 Å². The molecule has 1 N–H and O–H groups in total. The van der Waals surface area contributed by atoms with Gasteiger partial charge in [0.05, 0.1) is 24.9 Å². The lowest BCUT2D eigenvalue weighted by atomic mass is 10.2. The lowest BCUT2D eigenvalue weighted by molar-refractivity contribution is -0.124. The summed E-state index contributed by atoms with van der Waals surface area (Å²) in [4.78, 5) is 26.4. The van der Waals surface area contributed by atoms with Gasteiger partial charge in [-0.1, -0.05) is 0 Å². The number of methoxy groups -OCH3 is 2. The molecule has 92 valence electrons. The molecule has 0 aromatic carbocycles. The largest absolute Gasteiger partial charge is 0.465 e. The Labute approximate surface area is 98.9 Å². The van der Waals surface area contributed by atoms with Crippen molar-refractivity contribution >= 4 is 11.9 Å². The molecule has 0 aliphatic heterocycles. The molecule has 0 unspecified atom stereocenters.